The predicted octanol–water partition coefficient (Wildman–Crippen LogP) is 2.85. The number of rotatable bonds is 5. The number of nitrogens with zero attached hydrogens (tertiary/aromatic N) is 1. The fraction of sp³-hybridized carbons (Fsp3) is 0.650. The van der Waals surface area contributed by atoms with Crippen LogP contribution in [0.15, 0.2) is 24.3 Å². The molecule has 4 nitrogen and oxygen atoms in total. The molecule has 0 aromatic heterocycles. The van der Waals surface area contributed by atoms with E-state index >= 15 is 0 Å². The van der Waals surface area contributed by atoms with E-state index in [0.29, 0.717) is 19.0 Å². The van der Waals surface area contributed by atoms with E-state index in [1.165, 1.54) is 12.1 Å². The van der Waals surface area contributed by atoms with Gasteiger partial charge in [0.2, 0.25) is 5.91 Å². The molecule has 5 heteroatoms. The minimum absolute atomic E-state index is 0.0990. The molecule has 1 aromatic carbocycles. The van der Waals surface area contributed by atoms with Crippen molar-refractivity contribution in [3.05, 3.63) is 35.6 Å². The number of likely N-dealkylation sites (tertiary alicyclic amines) is 1. The molecule has 25 heavy (non-hydrogen) atoms. The van der Waals surface area contributed by atoms with Crippen molar-refractivity contribution in [1.82, 2.24) is 10.2 Å². The number of aliphatic hydroxyl groups is 1. The Bertz CT molecular complexity index is 563. The molecular formula is C20H29FN2O2. The lowest BCUT2D eigenvalue weighted by atomic mass is 9.87. The Balaban J connectivity index is 1.54. The fourth-order valence-electron chi connectivity index (χ4n) is 4.11. The molecule has 1 heterocycles. The van der Waals surface area contributed by atoms with E-state index in [0.717, 1.165) is 57.1 Å². The molecule has 1 aromatic rings. The minimum Gasteiger partial charge on any atom is -0.393 e. The lowest BCUT2D eigenvalue weighted by Crippen LogP contribution is -2.50. The molecule has 3 atom stereocenters. The van der Waals surface area contributed by atoms with Gasteiger partial charge < -0.3 is 10.4 Å². The van der Waals surface area contributed by atoms with Gasteiger partial charge in [-0.25, -0.2) is 4.39 Å². The first-order valence-electron chi connectivity index (χ1n) is 9.56. The van der Waals surface area contributed by atoms with E-state index in [2.05, 4.69) is 10.2 Å². The van der Waals surface area contributed by atoms with Gasteiger partial charge in [0, 0.05) is 13.1 Å². The highest BCUT2D eigenvalue weighted by molar-refractivity contribution is 5.81. The van der Waals surface area contributed by atoms with Gasteiger partial charge in [0.1, 0.15) is 5.82 Å². The standard InChI is InChI=1S/C20H29FN2O2/c21-17-9-7-15(8-10-17)14-23-11-2-1-6-19(23)20(25)22-13-16-4-3-5-18(24)12-16/h7-10,16,18-19,24H,1-6,11-14H2,(H,22,25). The number of carbonyl (C=O) groups is 1. The van der Waals surface area contributed by atoms with Gasteiger partial charge in [0.15, 0.2) is 0 Å². The zero-order valence-corrected chi connectivity index (χ0v) is 14.8. The summed E-state index contributed by atoms with van der Waals surface area (Å²) in [6.07, 6.45) is 6.65. The Morgan fingerprint density at radius 3 is 2.72 bits per heavy atom. The van der Waals surface area contributed by atoms with Crippen molar-refractivity contribution in [1.29, 1.82) is 0 Å². The van der Waals surface area contributed by atoms with Crippen LogP contribution in [0.3, 0.4) is 0 Å². The van der Waals surface area contributed by atoms with Gasteiger partial charge in [-0.05, 0) is 62.3 Å². The Hall–Kier alpha value is -1.46. The summed E-state index contributed by atoms with van der Waals surface area (Å²) in [7, 11) is 0. The summed E-state index contributed by atoms with van der Waals surface area (Å²) in [6, 6.07) is 6.43. The molecule has 0 spiro atoms. The second-order valence-corrected chi connectivity index (χ2v) is 7.54. The van der Waals surface area contributed by atoms with E-state index in [-0.39, 0.29) is 23.9 Å². The van der Waals surface area contributed by atoms with Crippen LogP contribution in [0.5, 0.6) is 0 Å². The van der Waals surface area contributed by atoms with Crippen LogP contribution in [0.1, 0.15) is 50.5 Å². The molecule has 1 saturated carbocycles. The molecule has 0 bridgehead atoms. The molecule has 3 unspecified atom stereocenters. The lowest BCUT2D eigenvalue weighted by Gasteiger charge is -2.35. The Labute approximate surface area is 149 Å². The average Bonchev–Trinajstić information content (AvgIpc) is 2.62. The highest BCUT2D eigenvalue weighted by Gasteiger charge is 2.29. The smallest absolute Gasteiger partial charge is 0.237 e. The van der Waals surface area contributed by atoms with Gasteiger partial charge in [-0.3, -0.25) is 9.69 Å². The van der Waals surface area contributed by atoms with Crippen molar-refractivity contribution in [2.45, 2.75) is 63.6 Å². The number of piperidine rings is 1. The number of amides is 1. The number of hydrogen-bond donors (Lipinski definition) is 2. The van der Waals surface area contributed by atoms with Crippen molar-refractivity contribution in [2.24, 2.45) is 5.92 Å². The topological polar surface area (TPSA) is 52.6 Å². The third-order valence-electron chi connectivity index (χ3n) is 5.54. The van der Waals surface area contributed by atoms with Gasteiger partial charge in [0.05, 0.1) is 12.1 Å². The summed E-state index contributed by atoms with van der Waals surface area (Å²) in [5.74, 6) is 0.259. The average molecular weight is 348 g/mol. The Kier molecular flexibility index (Phi) is 6.43. The third-order valence-corrected chi connectivity index (χ3v) is 5.54. The Morgan fingerprint density at radius 1 is 1.16 bits per heavy atom. The maximum Gasteiger partial charge on any atom is 0.237 e. The number of benzene rings is 1. The highest BCUT2D eigenvalue weighted by atomic mass is 19.1. The highest BCUT2D eigenvalue weighted by Crippen LogP contribution is 2.24. The molecule has 2 N–H and O–H groups in total. The quantitative estimate of drug-likeness (QED) is 0.860. The van der Waals surface area contributed by atoms with E-state index in [4.69, 9.17) is 0 Å². The zero-order chi connectivity index (χ0) is 17.6. The fourth-order valence-corrected chi connectivity index (χ4v) is 4.11. The number of halogens is 1. The van der Waals surface area contributed by atoms with E-state index < -0.39 is 0 Å². The van der Waals surface area contributed by atoms with Gasteiger partial charge in [-0.1, -0.05) is 25.0 Å². The van der Waals surface area contributed by atoms with E-state index in [9.17, 15) is 14.3 Å². The van der Waals surface area contributed by atoms with Crippen molar-refractivity contribution in [3.63, 3.8) is 0 Å². The molecule has 3 rings (SSSR count). The number of nitrogens with one attached hydrogen (secondary N) is 1. The van der Waals surface area contributed by atoms with Crippen LogP contribution in [0.25, 0.3) is 0 Å². The zero-order valence-electron chi connectivity index (χ0n) is 14.8. The maximum atomic E-state index is 13.1. The molecule has 138 valence electrons. The molecule has 0 radical (unpaired) electrons. The van der Waals surface area contributed by atoms with Crippen LogP contribution in [0, 0.1) is 11.7 Å². The maximum absolute atomic E-state index is 13.1. The third kappa shape index (κ3) is 5.25. The van der Waals surface area contributed by atoms with Crippen molar-refractivity contribution >= 4 is 5.91 Å². The second kappa shape index (κ2) is 8.77. The summed E-state index contributed by atoms with van der Waals surface area (Å²) in [4.78, 5) is 14.9. The number of aliphatic hydroxyl groups excluding tert-OH is 1. The summed E-state index contributed by atoms with van der Waals surface area (Å²) >= 11 is 0. The van der Waals surface area contributed by atoms with E-state index in [1.807, 2.05) is 0 Å². The summed E-state index contributed by atoms with van der Waals surface area (Å²) in [5, 5.41) is 12.9. The molecule has 2 fully saturated rings. The first-order valence-corrected chi connectivity index (χ1v) is 9.56. The first-order chi connectivity index (χ1) is 12.1. The summed E-state index contributed by atoms with van der Waals surface area (Å²) in [5.41, 5.74) is 1.04. The molecule has 1 aliphatic heterocycles. The van der Waals surface area contributed by atoms with Crippen LogP contribution in [-0.4, -0.2) is 41.1 Å². The Morgan fingerprint density at radius 2 is 1.96 bits per heavy atom. The van der Waals surface area contributed by atoms with Gasteiger partial charge in [-0.15, -0.1) is 0 Å². The van der Waals surface area contributed by atoms with Crippen molar-refractivity contribution < 1.29 is 14.3 Å². The summed E-state index contributed by atoms with van der Waals surface area (Å²) in [6.45, 7) is 2.24. The predicted molar refractivity (Wildman–Crippen MR) is 95.4 cm³/mol. The normalized spacial score (nSPS) is 27.8. The minimum atomic E-state index is -0.230. The first kappa shape index (κ1) is 18.3. The van der Waals surface area contributed by atoms with Crippen LogP contribution >= 0.6 is 0 Å². The number of hydrogen-bond acceptors (Lipinski definition) is 3. The van der Waals surface area contributed by atoms with Crippen LogP contribution in [-0.2, 0) is 11.3 Å². The molecule has 1 saturated heterocycles. The van der Waals surface area contributed by atoms with Gasteiger partial charge >= 0.3 is 0 Å². The van der Waals surface area contributed by atoms with Crippen molar-refractivity contribution in [2.75, 3.05) is 13.1 Å². The lowest BCUT2D eigenvalue weighted by molar-refractivity contribution is -0.128. The van der Waals surface area contributed by atoms with Gasteiger partial charge in [0.25, 0.3) is 0 Å². The van der Waals surface area contributed by atoms with E-state index in [1.54, 1.807) is 12.1 Å². The molecule has 1 aliphatic carbocycles. The number of carbonyl (C=O) groups excluding carboxylic acids is 1. The SMILES string of the molecule is O=C(NCC1CCCC(O)C1)C1CCCCN1Cc1ccc(F)cc1. The molecule has 2 aliphatic rings. The largest absolute Gasteiger partial charge is 0.393 e. The van der Waals surface area contributed by atoms with Crippen LogP contribution < -0.4 is 5.32 Å². The van der Waals surface area contributed by atoms with Gasteiger partial charge in [-0.2, -0.15) is 0 Å². The summed E-state index contributed by atoms with van der Waals surface area (Å²) < 4.78 is 13.1. The molecular weight excluding hydrogens is 319 g/mol. The monoisotopic (exact) mass is 348 g/mol. The van der Waals surface area contributed by atoms with Crippen molar-refractivity contribution in [3.8, 4) is 0 Å². The molecule has 1 amide bonds. The van der Waals surface area contributed by atoms with Crippen LogP contribution in [0.4, 0.5) is 4.39 Å². The second-order valence-electron chi connectivity index (χ2n) is 7.54. The van der Waals surface area contributed by atoms with Crippen LogP contribution in [0.2, 0.25) is 0 Å².